The number of aliphatic carboxylic acids is 1. The van der Waals surface area contributed by atoms with E-state index in [1.165, 1.54) is 0 Å². The molecule has 0 aromatic heterocycles. The molecule has 0 spiro atoms. The molecule has 2 fully saturated rings. The standard InChI is InChI=1S/C20H39N4O9.CH2O/c1-2-21-3-5-22(11-16(27)28)6-9-24(10-8-23(13-26)7-4-21)14-32-20-19(31)18(30)17(29)15(12-25)33-20;1-2/h15,17-20,25,29-31H,2-14H2,1H3,(H,27,28);1H2/q-1;/p-1. The van der Waals surface area contributed by atoms with Crippen LogP contribution in [-0.2, 0) is 19.1 Å². The van der Waals surface area contributed by atoms with E-state index in [1.807, 2.05) is 18.6 Å². The summed E-state index contributed by atoms with van der Waals surface area (Å²) in [5.74, 6) is -1.16. The summed E-state index contributed by atoms with van der Waals surface area (Å²) in [7, 11) is 0. The molecule has 5 atom stereocenters. The van der Waals surface area contributed by atoms with Gasteiger partial charge in [-0.1, -0.05) is 13.7 Å². The molecule has 0 radical (unpaired) electrons. The monoisotopic (exact) mass is 508 g/mol. The summed E-state index contributed by atoms with van der Waals surface area (Å²) < 4.78 is 11.0. The average molecular weight is 509 g/mol. The van der Waals surface area contributed by atoms with Crippen molar-refractivity contribution in [2.45, 2.75) is 37.6 Å². The Kier molecular flexibility index (Phi) is 15.6. The minimum Gasteiger partial charge on any atom is -0.843 e. The molecule has 0 saturated carbocycles. The molecule has 35 heavy (non-hydrogen) atoms. The van der Waals surface area contributed by atoms with E-state index < -0.39 is 43.3 Å². The third kappa shape index (κ3) is 10.7. The van der Waals surface area contributed by atoms with Crippen molar-refractivity contribution in [2.75, 3.05) is 85.5 Å². The van der Waals surface area contributed by atoms with Crippen LogP contribution in [0, 0.1) is 0 Å². The third-order valence-corrected chi connectivity index (χ3v) is 6.18. The quantitative estimate of drug-likeness (QED) is 0.242. The molecule has 0 bridgehead atoms. The minimum absolute atomic E-state index is 0.0321. The minimum atomic E-state index is -1.54. The lowest BCUT2D eigenvalue weighted by atomic mass is 9.99. The Morgan fingerprint density at radius 2 is 1.43 bits per heavy atom. The summed E-state index contributed by atoms with van der Waals surface area (Å²) in [5, 5.41) is 62.1. The molecule has 2 heterocycles. The number of hydrogen-bond donors (Lipinski definition) is 4. The van der Waals surface area contributed by atoms with Gasteiger partial charge in [0.05, 0.1) is 12.6 Å². The van der Waals surface area contributed by atoms with Crippen LogP contribution in [-0.4, -0.2) is 169 Å². The molecular formula is C21H40N4O10-2. The topological polar surface area (TPSA) is 193 Å². The number of carbonyl (C=O) groups is 2. The highest BCUT2D eigenvalue weighted by molar-refractivity contribution is 5.66. The van der Waals surface area contributed by atoms with Crippen LogP contribution in [0.3, 0.4) is 0 Å². The van der Waals surface area contributed by atoms with Crippen molar-refractivity contribution in [3.63, 3.8) is 0 Å². The van der Waals surface area contributed by atoms with Crippen molar-refractivity contribution in [1.82, 2.24) is 19.6 Å². The Labute approximate surface area is 205 Å². The summed E-state index contributed by atoms with van der Waals surface area (Å²) in [6.45, 7) is 7.91. The zero-order chi connectivity index (χ0) is 26.4. The van der Waals surface area contributed by atoms with Gasteiger partial charge in [0, 0.05) is 58.9 Å². The van der Waals surface area contributed by atoms with Gasteiger partial charge in [-0.05, 0) is 6.54 Å². The van der Waals surface area contributed by atoms with Crippen molar-refractivity contribution in [2.24, 2.45) is 0 Å². The van der Waals surface area contributed by atoms with E-state index in [0.29, 0.717) is 52.4 Å². The maximum atomic E-state index is 11.6. The van der Waals surface area contributed by atoms with E-state index in [-0.39, 0.29) is 20.0 Å². The third-order valence-electron chi connectivity index (χ3n) is 6.18. The largest absolute Gasteiger partial charge is 0.843 e. The first-order valence-electron chi connectivity index (χ1n) is 11.7. The molecule has 0 aromatic carbocycles. The lowest BCUT2D eigenvalue weighted by molar-refractivity contribution is -0.401. The first-order valence-corrected chi connectivity index (χ1v) is 11.7. The number of ether oxygens (including phenoxy) is 2. The number of aliphatic hydroxyl groups excluding tert-OH is 4. The smallest absolute Gasteiger partial charge is 0.188 e. The Bertz CT molecular complexity index is 590. The molecule has 5 unspecified atom stereocenters. The lowest BCUT2D eigenvalue weighted by Crippen LogP contribution is -2.59. The Morgan fingerprint density at radius 3 is 1.91 bits per heavy atom. The first-order chi connectivity index (χ1) is 16.8. The van der Waals surface area contributed by atoms with Gasteiger partial charge in [0.1, 0.15) is 37.9 Å². The Balaban J connectivity index is 0.00000298. The number of hydrogen-bond acceptors (Lipinski definition) is 14. The molecule has 2 aliphatic heterocycles. The van der Waals surface area contributed by atoms with Gasteiger partial charge in [0.15, 0.2) is 6.29 Å². The fourth-order valence-corrected chi connectivity index (χ4v) is 3.88. The van der Waals surface area contributed by atoms with Crippen LogP contribution in [0.2, 0.25) is 0 Å². The Morgan fingerprint density at radius 1 is 0.914 bits per heavy atom. The van der Waals surface area contributed by atoms with Crippen LogP contribution >= 0.6 is 0 Å². The normalized spacial score (nSPS) is 31.1. The van der Waals surface area contributed by atoms with Gasteiger partial charge in [0.2, 0.25) is 0 Å². The van der Waals surface area contributed by atoms with Gasteiger partial charge in [-0.15, -0.1) is 0 Å². The average Bonchev–Trinajstić information content (AvgIpc) is 2.85. The second kappa shape index (κ2) is 17.2. The van der Waals surface area contributed by atoms with Crippen molar-refractivity contribution >= 4 is 12.8 Å². The summed E-state index contributed by atoms with van der Waals surface area (Å²) >= 11 is 0. The highest BCUT2D eigenvalue weighted by Crippen LogP contribution is 2.22. The van der Waals surface area contributed by atoms with E-state index in [0.717, 1.165) is 6.54 Å². The number of aliphatic hydroxyl groups is 4. The summed E-state index contributed by atoms with van der Waals surface area (Å²) in [6, 6.07) is 0. The molecule has 0 aliphatic carbocycles. The van der Waals surface area contributed by atoms with E-state index in [2.05, 4.69) is 4.90 Å². The number of nitrogens with zero attached hydrogens (tertiary/aromatic N) is 4. The predicted octanol–water partition coefficient (Wildman–Crippen LogP) is -6.12. The molecule has 14 nitrogen and oxygen atoms in total. The summed E-state index contributed by atoms with van der Waals surface area (Å²) in [4.78, 5) is 26.8. The molecule has 14 heteroatoms. The number of rotatable bonds is 8. The maximum absolute atomic E-state index is 11.6. The van der Waals surface area contributed by atoms with Crippen molar-refractivity contribution < 1.29 is 49.7 Å². The van der Waals surface area contributed by atoms with Crippen molar-refractivity contribution in [1.29, 1.82) is 0 Å². The SMILES string of the molecule is C=O.CCN1CCN(C[O-])CCN(COC2OC(CO)C(O)C(O)C2O)CCN(CC(=O)[O-])CC1. The van der Waals surface area contributed by atoms with Gasteiger partial charge in [-0.3, -0.25) is 9.80 Å². The number of carbonyl (C=O) groups excluding carboxylic acids is 2. The highest BCUT2D eigenvalue weighted by atomic mass is 16.7. The first kappa shape index (κ1) is 31.7. The number of carboxylic acids is 1. The molecule has 2 saturated heterocycles. The van der Waals surface area contributed by atoms with Gasteiger partial charge >= 0.3 is 0 Å². The van der Waals surface area contributed by atoms with Crippen molar-refractivity contribution in [3.05, 3.63) is 0 Å². The second-order valence-corrected chi connectivity index (χ2v) is 8.44. The predicted molar refractivity (Wildman–Crippen MR) is 118 cm³/mol. The molecule has 206 valence electrons. The zero-order valence-corrected chi connectivity index (χ0v) is 20.3. The van der Waals surface area contributed by atoms with Crippen LogP contribution < -0.4 is 10.2 Å². The van der Waals surface area contributed by atoms with Crippen LogP contribution in [0.5, 0.6) is 0 Å². The van der Waals surface area contributed by atoms with Gasteiger partial charge in [0.25, 0.3) is 0 Å². The maximum Gasteiger partial charge on any atom is 0.188 e. The van der Waals surface area contributed by atoms with Gasteiger partial charge in [-0.25, -0.2) is 0 Å². The van der Waals surface area contributed by atoms with Crippen molar-refractivity contribution in [3.8, 4) is 0 Å². The highest BCUT2D eigenvalue weighted by Gasteiger charge is 2.44. The van der Waals surface area contributed by atoms with E-state index in [4.69, 9.17) is 14.3 Å². The van der Waals surface area contributed by atoms with Crippen LogP contribution in [0.25, 0.3) is 0 Å². The van der Waals surface area contributed by atoms with Crippen LogP contribution in [0.15, 0.2) is 0 Å². The summed E-state index contributed by atoms with van der Waals surface area (Å²) in [6.07, 6.45) is -6.87. The fraction of sp³-hybridized carbons (Fsp3) is 0.905. The molecule has 2 aliphatic rings. The lowest BCUT2D eigenvalue weighted by Gasteiger charge is -2.40. The van der Waals surface area contributed by atoms with Crippen LogP contribution in [0.4, 0.5) is 0 Å². The fourth-order valence-electron chi connectivity index (χ4n) is 3.88. The van der Waals surface area contributed by atoms with E-state index in [9.17, 15) is 35.4 Å². The van der Waals surface area contributed by atoms with Gasteiger partial charge in [-0.2, -0.15) is 0 Å². The Hall–Kier alpha value is -1.30. The van der Waals surface area contributed by atoms with Crippen LogP contribution in [0.1, 0.15) is 6.92 Å². The zero-order valence-electron chi connectivity index (χ0n) is 20.3. The number of likely N-dealkylation sites (N-methyl/N-ethyl adjacent to an activating group) is 1. The van der Waals surface area contributed by atoms with E-state index >= 15 is 0 Å². The molecule has 0 aromatic rings. The molecule has 2 rings (SSSR count). The second-order valence-electron chi connectivity index (χ2n) is 8.44. The van der Waals surface area contributed by atoms with Gasteiger partial charge < -0.3 is 59.5 Å². The molecular weight excluding hydrogens is 468 g/mol. The van der Waals surface area contributed by atoms with E-state index in [1.54, 1.807) is 9.80 Å². The number of carboxylic acid groups (broad SMARTS) is 1. The molecule has 0 amide bonds. The molecule has 4 N–H and O–H groups in total. The summed E-state index contributed by atoms with van der Waals surface area (Å²) in [5.41, 5.74) is 0.